The van der Waals surface area contributed by atoms with E-state index in [0.29, 0.717) is 27.7 Å². The van der Waals surface area contributed by atoms with Crippen molar-refractivity contribution in [3.63, 3.8) is 0 Å². The zero-order valence-electron chi connectivity index (χ0n) is 16.5. The van der Waals surface area contributed by atoms with Gasteiger partial charge in [-0.05, 0) is 49.2 Å². The number of nitrogens with one attached hydrogen (secondary N) is 2. The normalized spacial score (nSPS) is 18.3. The summed E-state index contributed by atoms with van der Waals surface area (Å²) in [5.41, 5.74) is 1.56. The summed E-state index contributed by atoms with van der Waals surface area (Å²) in [7, 11) is 1.52. The Bertz CT molecular complexity index is 1010. The predicted molar refractivity (Wildman–Crippen MR) is 114 cm³/mol. The second-order valence-electron chi connectivity index (χ2n) is 7.54. The molecule has 1 atom stereocenters. The Morgan fingerprint density at radius 3 is 2.70 bits per heavy atom. The maximum atomic E-state index is 12.8. The molecule has 2 aromatic carbocycles. The molecule has 2 aromatic rings. The number of ether oxygens (including phenoxy) is 1. The number of carbonyl (C=O) groups excluding carboxylic acids is 3. The number of carbonyl (C=O) groups is 3. The Morgan fingerprint density at radius 2 is 1.97 bits per heavy atom. The molecule has 0 unspecified atom stereocenters. The van der Waals surface area contributed by atoms with Crippen molar-refractivity contribution >= 4 is 40.7 Å². The highest BCUT2D eigenvalue weighted by atomic mass is 35.5. The molecule has 0 radical (unpaired) electrons. The molecule has 30 heavy (non-hydrogen) atoms. The Balaban J connectivity index is 1.44. The highest BCUT2D eigenvalue weighted by molar-refractivity contribution is 6.31. The molecule has 1 saturated carbocycles. The van der Waals surface area contributed by atoms with Crippen molar-refractivity contribution in [3.05, 3.63) is 53.1 Å². The third-order valence-electron chi connectivity index (χ3n) is 5.23. The number of benzene rings is 2. The third kappa shape index (κ3) is 4.41. The van der Waals surface area contributed by atoms with E-state index in [1.807, 2.05) is 0 Å². The van der Waals surface area contributed by atoms with Crippen LogP contribution in [0.3, 0.4) is 0 Å². The Kier molecular flexibility index (Phi) is 5.63. The Hall–Kier alpha value is -3.06. The molecule has 4 rings (SSSR count). The van der Waals surface area contributed by atoms with Gasteiger partial charge in [-0.2, -0.15) is 0 Å². The van der Waals surface area contributed by atoms with Crippen LogP contribution < -0.4 is 20.3 Å². The lowest BCUT2D eigenvalue weighted by Gasteiger charge is -2.20. The van der Waals surface area contributed by atoms with E-state index >= 15 is 0 Å². The maximum Gasteiger partial charge on any atom is 0.251 e. The highest BCUT2D eigenvalue weighted by Crippen LogP contribution is 2.35. The first-order valence-electron chi connectivity index (χ1n) is 9.80. The molecule has 1 aliphatic carbocycles. The first-order valence-corrected chi connectivity index (χ1v) is 10.2. The lowest BCUT2D eigenvalue weighted by atomic mass is 10.1. The molecule has 1 saturated heterocycles. The molecule has 8 heteroatoms. The van der Waals surface area contributed by atoms with E-state index in [-0.39, 0.29) is 36.7 Å². The van der Waals surface area contributed by atoms with Gasteiger partial charge in [-0.25, -0.2) is 0 Å². The van der Waals surface area contributed by atoms with Crippen LogP contribution in [0.1, 0.15) is 29.6 Å². The number of hydrogen-bond donors (Lipinski definition) is 2. The zero-order valence-corrected chi connectivity index (χ0v) is 17.2. The average Bonchev–Trinajstić information content (AvgIpc) is 3.46. The van der Waals surface area contributed by atoms with Crippen LogP contribution in [0.5, 0.6) is 5.75 Å². The molecule has 0 bridgehead atoms. The number of halogens is 1. The van der Waals surface area contributed by atoms with Crippen molar-refractivity contribution in [2.75, 3.05) is 23.9 Å². The van der Waals surface area contributed by atoms with Crippen molar-refractivity contribution in [3.8, 4) is 5.75 Å². The van der Waals surface area contributed by atoms with Crippen molar-refractivity contribution in [2.45, 2.75) is 25.3 Å². The predicted octanol–water partition coefficient (Wildman–Crippen LogP) is 3.23. The van der Waals surface area contributed by atoms with E-state index in [1.165, 1.54) is 12.0 Å². The minimum Gasteiger partial charge on any atom is -0.495 e. The van der Waals surface area contributed by atoms with Crippen LogP contribution >= 0.6 is 11.6 Å². The van der Waals surface area contributed by atoms with Crippen molar-refractivity contribution < 1.29 is 19.1 Å². The largest absolute Gasteiger partial charge is 0.495 e. The Labute approximate surface area is 179 Å². The first kappa shape index (κ1) is 20.2. The molecule has 156 valence electrons. The number of rotatable bonds is 6. The van der Waals surface area contributed by atoms with Crippen LogP contribution in [0, 0.1) is 5.92 Å². The van der Waals surface area contributed by atoms with Crippen LogP contribution in [0.2, 0.25) is 5.02 Å². The number of methoxy groups -OCH3 is 1. The molecule has 0 spiro atoms. The van der Waals surface area contributed by atoms with E-state index < -0.39 is 5.92 Å². The number of anilines is 2. The fourth-order valence-corrected chi connectivity index (χ4v) is 3.64. The number of hydrogen-bond acceptors (Lipinski definition) is 4. The third-order valence-corrected chi connectivity index (χ3v) is 5.47. The van der Waals surface area contributed by atoms with Gasteiger partial charge in [-0.1, -0.05) is 17.7 Å². The number of nitrogens with zero attached hydrogens (tertiary/aromatic N) is 1. The smallest absolute Gasteiger partial charge is 0.251 e. The summed E-state index contributed by atoms with van der Waals surface area (Å²) >= 11 is 6.08. The van der Waals surface area contributed by atoms with Gasteiger partial charge < -0.3 is 20.3 Å². The van der Waals surface area contributed by atoms with Gasteiger partial charge in [0.2, 0.25) is 11.8 Å². The van der Waals surface area contributed by atoms with E-state index in [1.54, 1.807) is 42.5 Å². The van der Waals surface area contributed by atoms with Gasteiger partial charge in [-0.3, -0.25) is 14.4 Å². The summed E-state index contributed by atoms with van der Waals surface area (Å²) in [6.07, 6.45) is 2.10. The summed E-state index contributed by atoms with van der Waals surface area (Å²) in [6, 6.07) is 12.1. The van der Waals surface area contributed by atoms with Crippen molar-refractivity contribution in [1.29, 1.82) is 0 Å². The van der Waals surface area contributed by atoms with E-state index in [9.17, 15) is 14.4 Å². The fraction of sp³-hybridized carbons (Fsp3) is 0.318. The molecule has 2 fully saturated rings. The molecule has 3 amide bonds. The topological polar surface area (TPSA) is 87.7 Å². The maximum absolute atomic E-state index is 12.8. The molecule has 1 heterocycles. The van der Waals surface area contributed by atoms with Crippen LogP contribution in [0.25, 0.3) is 0 Å². The van der Waals surface area contributed by atoms with Gasteiger partial charge in [-0.15, -0.1) is 0 Å². The summed E-state index contributed by atoms with van der Waals surface area (Å²) in [6.45, 7) is 0.225. The van der Waals surface area contributed by atoms with Crippen LogP contribution in [0.15, 0.2) is 42.5 Å². The minimum absolute atomic E-state index is 0.0867. The van der Waals surface area contributed by atoms with E-state index in [2.05, 4.69) is 10.6 Å². The zero-order chi connectivity index (χ0) is 21.3. The molecule has 7 nitrogen and oxygen atoms in total. The lowest BCUT2D eigenvalue weighted by Crippen LogP contribution is -2.28. The quantitative estimate of drug-likeness (QED) is 0.740. The van der Waals surface area contributed by atoms with Gasteiger partial charge in [0.05, 0.1) is 18.7 Å². The van der Waals surface area contributed by atoms with Crippen molar-refractivity contribution in [2.24, 2.45) is 5.92 Å². The van der Waals surface area contributed by atoms with E-state index in [0.717, 1.165) is 12.8 Å². The molecule has 0 aromatic heterocycles. The average molecular weight is 428 g/mol. The highest BCUT2D eigenvalue weighted by Gasteiger charge is 2.36. The monoisotopic (exact) mass is 427 g/mol. The summed E-state index contributed by atoms with van der Waals surface area (Å²) in [5, 5.41) is 6.23. The van der Waals surface area contributed by atoms with Gasteiger partial charge >= 0.3 is 0 Å². The molecular formula is C22H22ClN3O4. The second-order valence-corrected chi connectivity index (χ2v) is 7.98. The van der Waals surface area contributed by atoms with Crippen LogP contribution in [-0.2, 0) is 9.59 Å². The Morgan fingerprint density at radius 1 is 1.17 bits per heavy atom. The SMILES string of the molecule is COc1ccc(Cl)cc1N1C[C@H](C(=O)Nc2cccc(C(=O)NC3CC3)c2)CC1=O. The standard InChI is InChI=1S/C22H22ClN3O4/c1-30-19-8-5-15(23)11-18(19)26-12-14(10-20(26)27)22(29)25-17-4-2-3-13(9-17)21(28)24-16-6-7-16/h2-5,8-9,11,14,16H,6-7,10,12H2,1H3,(H,24,28)(H,25,29)/t14-/m1/s1. The summed E-state index contributed by atoms with van der Waals surface area (Å²) < 4.78 is 5.33. The van der Waals surface area contributed by atoms with Crippen LogP contribution in [0.4, 0.5) is 11.4 Å². The van der Waals surface area contributed by atoms with Gasteiger partial charge in [0.15, 0.2) is 0 Å². The number of amides is 3. The van der Waals surface area contributed by atoms with E-state index in [4.69, 9.17) is 16.3 Å². The van der Waals surface area contributed by atoms with Crippen LogP contribution in [-0.4, -0.2) is 37.4 Å². The van der Waals surface area contributed by atoms with Gasteiger partial charge in [0, 0.05) is 35.3 Å². The molecule has 2 aliphatic rings. The minimum atomic E-state index is -0.523. The van der Waals surface area contributed by atoms with Crippen molar-refractivity contribution in [1.82, 2.24) is 5.32 Å². The summed E-state index contributed by atoms with van der Waals surface area (Å²) in [5.74, 6) is -0.600. The fourth-order valence-electron chi connectivity index (χ4n) is 3.47. The first-order chi connectivity index (χ1) is 14.4. The lowest BCUT2D eigenvalue weighted by molar-refractivity contribution is -0.122. The summed E-state index contributed by atoms with van der Waals surface area (Å²) in [4.78, 5) is 39.1. The van der Waals surface area contributed by atoms with Gasteiger partial charge in [0.1, 0.15) is 5.75 Å². The molecular weight excluding hydrogens is 406 g/mol. The second kappa shape index (κ2) is 8.36. The molecule has 2 N–H and O–H groups in total. The van der Waals surface area contributed by atoms with Gasteiger partial charge in [0.25, 0.3) is 5.91 Å². The molecule has 1 aliphatic heterocycles.